The van der Waals surface area contributed by atoms with Crippen LogP contribution in [0, 0.1) is 6.92 Å². The number of benzene rings is 1. The van der Waals surface area contributed by atoms with Gasteiger partial charge in [0.25, 0.3) is 0 Å². The molecule has 1 N–H and O–H groups in total. The van der Waals surface area contributed by atoms with E-state index in [1.165, 1.54) is 5.69 Å². The van der Waals surface area contributed by atoms with Crippen molar-refractivity contribution in [3.63, 3.8) is 0 Å². The fourth-order valence-electron chi connectivity index (χ4n) is 2.03. The molecule has 1 aromatic rings. The zero-order chi connectivity index (χ0) is 11.5. The lowest BCUT2D eigenvalue weighted by Crippen LogP contribution is -2.44. The topological polar surface area (TPSA) is 42.6 Å². The number of hydrogen-bond donors (Lipinski definition) is 1. The van der Waals surface area contributed by atoms with Gasteiger partial charge in [-0.3, -0.25) is 0 Å². The number of hydrogen-bond acceptors (Lipinski definition) is 4. The van der Waals surface area contributed by atoms with E-state index in [0.29, 0.717) is 0 Å². The third-order valence-electron chi connectivity index (χ3n) is 3.17. The average molecular weight is 218 g/mol. The van der Waals surface area contributed by atoms with Crippen LogP contribution in [0.15, 0.2) is 23.3 Å². The molecule has 0 saturated carbocycles. The fourth-order valence-corrected chi connectivity index (χ4v) is 2.03. The lowest BCUT2D eigenvalue weighted by atomic mass is 10.1. The number of nitrogens with zero attached hydrogens (tertiary/aromatic N) is 3. The van der Waals surface area contributed by atoms with Crippen LogP contribution in [-0.4, -0.2) is 38.1 Å². The van der Waals surface area contributed by atoms with E-state index < -0.39 is 0 Å². The van der Waals surface area contributed by atoms with Crippen molar-refractivity contribution in [2.24, 2.45) is 5.11 Å². The smallest absolute Gasteiger partial charge is 0.144 e. The summed E-state index contributed by atoms with van der Waals surface area (Å²) in [6, 6.07) is 6.11. The molecule has 1 aliphatic heterocycles. The molecular formula is C12H18N4+. The molecule has 1 aliphatic rings. The largest absolute Gasteiger partial charge is 0.369 e. The highest BCUT2D eigenvalue weighted by Gasteiger charge is 2.14. The van der Waals surface area contributed by atoms with Crippen molar-refractivity contribution < 1.29 is 5.53 Å². The van der Waals surface area contributed by atoms with E-state index in [-0.39, 0.29) is 0 Å². The maximum Gasteiger partial charge on any atom is 0.144 e. The van der Waals surface area contributed by atoms with Crippen LogP contribution in [0.2, 0.25) is 0 Å². The van der Waals surface area contributed by atoms with Gasteiger partial charge >= 0.3 is 0 Å². The zero-order valence-electron chi connectivity index (χ0n) is 9.90. The molecule has 16 heavy (non-hydrogen) atoms. The summed E-state index contributed by atoms with van der Waals surface area (Å²) in [5, 5.41) is 3.49. The second kappa shape index (κ2) is 4.61. The summed E-state index contributed by atoms with van der Waals surface area (Å²) < 4.78 is 0. The van der Waals surface area contributed by atoms with Gasteiger partial charge in [0.1, 0.15) is 11.2 Å². The molecule has 1 saturated heterocycles. The van der Waals surface area contributed by atoms with Gasteiger partial charge in [-0.25, -0.2) is 0 Å². The van der Waals surface area contributed by atoms with E-state index in [1.807, 2.05) is 13.0 Å². The Kier molecular flexibility index (Phi) is 3.19. The molecule has 1 heterocycles. The van der Waals surface area contributed by atoms with Crippen LogP contribution in [0.3, 0.4) is 0 Å². The minimum Gasteiger partial charge on any atom is -0.369 e. The highest BCUT2D eigenvalue weighted by Crippen LogP contribution is 2.24. The Morgan fingerprint density at radius 1 is 1.19 bits per heavy atom. The van der Waals surface area contributed by atoms with Gasteiger partial charge in [-0.05, 0) is 37.7 Å². The van der Waals surface area contributed by atoms with E-state index in [2.05, 4.69) is 34.1 Å². The lowest BCUT2D eigenvalue weighted by Gasteiger charge is -2.34. The number of aryl methyl sites for hydroxylation is 1. The zero-order valence-corrected chi connectivity index (χ0v) is 9.90. The standard InChI is InChI=1S/C12H18N4/c1-10-9-11(3-4-12(10)14-13)16-7-5-15(2)6-8-16/h3-4,9,13H,5-8H2,1-2H3/q+1. The second-order valence-corrected chi connectivity index (χ2v) is 4.37. The highest BCUT2D eigenvalue weighted by atomic mass is 15.2. The molecule has 2 rings (SSSR count). The van der Waals surface area contributed by atoms with Gasteiger partial charge in [0, 0.05) is 31.9 Å². The molecule has 0 aliphatic carbocycles. The van der Waals surface area contributed by atoms with E-state index in [4.69, 9.17) is 5.53 Å². The van der Waals surface area contributed by atoms with Gasteiger partial charge in [0.05, 0.1) is 5.11 Å². The van der Waals surface area contributed by atoms with Crippen molar-refractivity contribution in [3.05, 3.63) is 23.8 Å². The van der Waals surface area contributed by atoms with E-state index in [9.17, 15) is 0 Å². The van der Waals surface area contributed by atoms with Crippen LogP contribution < -0.4 is 10.4 Å². The lowest BCUT2D eigenvalue weighted by molar-refractivity contribution is -0.210. The number of rotatable bonds is 2. The first kappa shape index (κ1) is 11.1. The molecule has 1 aromatic carbocycles. The van der Waals surface area contributed by atoms with Crippen molar-refractivity contribution in [1.29, 1.82) is 0 Å². The third kappa shape index (κ3) is 2.22. The van der Waals surface area contributed by atoms with Crippen LogP contribution in [-0.2, 0) is 0 Å². The third-order valence-corrected chi connectivity index (χ3v) is 3.17. The van der Waals surface area contributed by atoms with Gasteiger partial charge in [-0.1, -0.05) is 0 Å². The Labute approximate surface area is 96.4 Å². The van der Waals surface area contributed by atoms with Crippen molar-refractivity contribution in [2.45, 2.75) is 6.92 Å². The fraction of sp³-hybridized carbons (Fsp3) is 0.500. The van der Waals surface area contributed by atoms with Crippen LogP contribution in [0.1, 0.15) is 5.56 Å². The van der Waals surface area contributed by atoms with E-state index in [1.54, 1.807) is 0 Å². The van der Waals surface area contributed by atoms with Crippen LogP contribution >= 0.6 is 0 Å². The first-order chi connectivity index (χ1) is 7.70. The SMILES string of the molecule is Cc1cc(N2CCN(C)CC2)ccc1N=[NH+]. The molecule has 0 unspecified atom stereocenters. The number of anilines is 1. The molecule has 85 valence electrons. The molecule has 4 nitrogen and oxygen atoms in total. The predicted molar refractivity (Wildman–Crippen MR) is 63.9 cm³/mol. The molecule has 1 fully saturated rings. The van der Waals surface area contributed by atoms with Gasteiger partial charge in [-0.2, -0.15) is 0 Å². The summed E-state index contributed by atoms with van der Waals surface area (Å²) in [6.07, 6.45) is 0. The van der Waals surface area contributed by atoms with Gasteiger partial charge in [-0.15, -0.1) is 0 Å². The summed E-state index contributed by atoms with van der Waals surface area (Å²) >= 11 is 0. The Morgan fingerprint density at radius 3 is 2.44 bits per heavy atom. The maximum atomic E-state index is 7.03. The summed E-state index contributed by atoms with van der Waals surface area (Å²) in [5.74, 6) is 0. The second-order valence-electron chi connectivity index (χ2n) is 4.37. The monoisotopic (exact) mass is 218 g/mol. The Bertz CT molecular complexity index is 381. The van der Waals surface area contributed by atoms with E-state index >= 15 is 0 Å². The quantitative estimate of drug-likeness (QED) is 0.729. The van der Waals surface area contributed by atoms with Crippen molar-refractivity contribution >= 4 is 11.4 Å². The van der Waals surface area contributed by atoms with Crippen LogP contribution in [0.4, 0.5) is 11.4 Å². The normalized spacial score (nSPS) is 17.5. The first-order valence-corrected chi connectivity index (χ1v) is 5.62. The van der Waals surface area contributed by atoms with Gasteiger partial charge < -0.3 is 9.80 Å². The number of piperazine rings is 1. The molecule has 0 amide bonds. The van der Waals surface area contributed by atoms with Gasteiger partial charge in [0.2, 0.25) is 0 Å². The van der Waals surface area contributed by atoms with Crippen molar-refractivity contribution in [1.82, 2.24) is 4.90 Å². The summed E-state index contributed by atoms with van der Waals surface area (Å²) in [5.41, 5.74) is 10.1. The number of nitrogens with one attached hydrogen (secondary N) is 1. The highest BCUT2D eigenvalue weighted by molar-refractivity contribution is 5.57. The molecule has 0 aromatic heterocycles. The van der Waals surface area contributed by atoms with Crippen molar-refractivity contribution in [3.8, 4) is 0 Å². The molecule has 0 atom stereocenters. The molecule has 0 spiro atoms. The van der Waals surface area contributed by atoms with E-state index in [0.717, 1.165) is 37.4 Å². The van der Waals surface area contributed by atoms with Crippen LogP contribution in [0.5, 0.6) is 0 Å². The maximum absolute atomic E-state index is 7.03. The minimum atomic E-state index is 0.762. The molecule has 0 bridgehead atoms. The first-order valence-electron chi connectivity index (χ1n) is 5.62. The summed E-state index contributed by atoms with van der Waals surface area (Å²) in [6.45, 7) is 6.39. The van der Waals surface area contributed by atoms with Crippen molar-refractivity contribution in [2.75, 3.05) is 38.1 Å². The molecular weight excluding hydrogens is 200 g/mol. The Morgan fingerprint density at radius 2 is 1.88 bits per heavy atom. The Hall–Kier alpha value is -1.42. The minimum absolute atomic E-state index is 0.762. The number of likely N-dealkylation sites (N-methyl/N-ethyl adjacent to an activating group) is 1. The summed E-state index contributed by atoms with van der Waals surface area (Å²) in [4.78, 5) is 4.73. The summed E-state index contributed by atoms with van der Waals surface area (Å²) in [7, 11) is 2.16. The average Bonchev–Trinajstić information content (AvgIpc) is 2.30. The predicted octanol–water partition coefficient (Wildman–Crippen LogP) is 0.375. The Balaban J connectivity index is 2.15. The van der Waals surface area contributed by atoms with Gasteiger partial charge in [0.15, 0.2) is 0 Å². The molecule has 4 heteroatoms. The molecule has 1 radical (unpaired) electrons. The van der Waals surface area contributed by atoms with Crippen LogP contribution in [0.25, 0.3) is 0 Å².